The number of carbonyl (C=O) groups excluding carboxylic acids is 1. The highest BCUT2D eigenvalue weighted by Gasteiger charge is 2.57. The normalized spacial score (nSPS) is 46.0. The van der Waals surface area contributed by atoms with E-state index in [4.69, 9.17) is 4.84 Å². The average Bonchev–Trinajstić information content (AvgIpc) is 2.96. The van der Waals surface area contributed by atoms with Crippen LogP contribution in [0.25, 0.3) is 0 Å². The molecular weight excluding hydrogens is 340 g/mol. The molecule has 0 aliphatic heterocycles. The first-order valence-corrected chi connectivity index (χ1v) is 10.8. The smallest absolute Gasteiger partial charge is 0.291 e. The van der Waals surface area contributed by atoms with Crippen LogP contribution in [0.2, 0.25) is 0 Å². The first-order chi connectivity index (χ1) is 12.9. The molecule has 0 saturated heterocycles. The lowest BCUT2D eigenvalue weighted by Crippen LogP contribution is -2.51. The maximum Gasteiger partial charge on any atom is 0.313 e. The first-order valence-electron chi connectivity index (χ1n) is 10.8. The summed E-state index contributed by atoms with van der Waals surface area (Å²) in [7, 11) is 0. The molecule has 1 amide bonds. The van der Waals surface area contributed by atoms with Crippen LogP contribution in [0.4, 0.5) is 0 Å². The Labute approximate surface area is 162 Å². The van der Waals surface area contributed by atoms with Crippen molar-refractivity contribution in [1.82, 2.24) is 5.48 Å². The molecule has 5 nitrogen and oxygen atoms in total. The van der Waals surface area contributed by atoms with Crippen LogP contribution in [0.1, 0.15) is 72.1 Å². The van der Waals surface area contributed by atoms with Gasteiger partial charge >= 0.3 is 5.91 Å². The fraction of sp³-hybridized carbons (Fsp3) is 0.864. The molecule has 1 N–H and O–H groups in total. The van der Waals surface area contributed by atoms with Crippen LogP contribution in [-0.4, -0.2) is 18.6 Å². The molecule has 5 heteroatoms. The van der Waals surface area contributed by atoms with Crippen molar-refractivity contribution in [1.29, 1.82) is 0 Å². The lowest BCUT2D eigenvalue weighted by atomic mass is 9.47. The molecule has 7 atom stereocenters. The third-order valence-electron chi connectivity index (χ3n) is 9.12. The van der Waals surface area contributed by atoms with E-state index >= 15 is 0 Å². The first kappa shape index (κ1) is 19.3. The van der Waals surface area contributed by atoms with Gasteiger partial charge in [-0.2, -0.15) is 5.48 Å². The van der Waals surface area contributed by atoms with Gasteiger partial charge in [-0.05, 0) is 85.9 Å². The lowest BCUT2D eigenvalue weighted by molar-refractivity contribution is -0.125. The van der Waals surface area contributed by atoms with Gasteiger partial charge in [0.1, 0.15) is 0 Å². The zero-order valence-corrected chi connectivity index (χ0v) is 17.0. The van der Waals surface area contributed by atoms with E-state index in [2.05, 4.69) is 37.5 Å². The molecule has 0 aromatic carbocycles. The molecule has 0 aromatic rings. The minimum absolute atomic E-state index is 0.129. The summed E-state index contributed by atoms with van der Waals surface area (Å²) in [4.78, 5) is 26.3. The third-order valence-corrected chi connectivity index (χ3v) is 9.12. The standard InChI is InChI=1S/C22H34N2O3/c1-14-4-7-18-17-6-5-15-12-16(24-27-13-20(25)23-26)8-10-22(15,3)19(17)9-11-21(14,18)2/h12,14,16-19,24H,4-11,13H2,1-3H3/t14-,16?,17?,18?,19?,21+,22-/m0/s1. The molecule has 0 heterocycles. The molecule has 4 aliphatic carbocycles. The van der Waals surface area contributed by atoms with E-state index < -0.39 is 5.91 Å². The Balaban J connectivity index is 1.46. The zero-order chi connectivity index (χ0) is 19.2. The molecule has 0 spiro atoms. The van der Waals surface area contributed by atoms with Crippen LogP contribution in [0, 0.1) is 39.4 Å². The van der Waals surface area contributed by atoms with Gasteiger partial charge < -0.3 is 0 Å². The van der Waals surface area contributed by atoms with E-state index in [1.165, 1.54) is 44.9 Å². The van der Waals surface area contributed by atoms with E-state index in [9.17, 15) is 9.70 Å². The van der Waals surface area contributed by atoms with Gasteiger partial charge in [-0.1, -0.05) is 32.4 Å². The Morgan fingerprint density at radius 1 is 1.19 bits per heavy atom. The number of hydrogen-bond donors (Lipinski definition) is 1. The maximum atomic E-state index is 11.0. The highest BCUT2D eigenvalue weighted by Crippen LogP contribution is 2.66. The van der Waals surface area contributed by atoms with E-state index in [1.54, 1.807) is 5.57 Å². The van der Waals surface area contributed by atoms with Crippen LogP contribution >= 0.6 is 0 Å². The van der Waals surface area contributed by atoms with Crippen LogP contribution < -0.4 is 5.48 Å². The zero-order valence-electron chi connectivity index (χ0n) is 17.0. The van der Waals surface area contributed by atoms with Gasteiger partial charge in [0.25, 0.3) is 0 Å². The van der Waals surface area contributed by atoms with Gasteiger partial charge in [-0.15, -0.1) is 4.91 Å². The van der Waals surface area contributed by atoms with Crippen LogP contribution in [0.5, 0.6) is 0 Å². The van der Waals surface area contributed by atoms with Crippen molar-refractivity contribution in [2.45, 2.75) is 78.2 Å². The number of amides is 1. The molecule has 4 aliphatic rings. The monoisotopic (exact) mass is 374 g/mol. The van der Waals surface area contributed by atoms with Crippen molar-refractivity contribution in [3.63, 3.8) is 0 Å². The van der Waals surface area contributed by atoms with Crippen molar-refractivity contribution in [3.05, 3.63) is 16.6 Å². The average molecular weight is 375 g/mol. The topological polar surface area (TPSA) is 67.8 Å². The van der Waals surface area contributed by atoms with E-state index in [0.29, 0.717) is 10.8 Å². The summed E-state index contributed by atoms with van der Waals surface area (Å²) in [5, 5.41) is 2.36. The molecule has 4 rings (SSSR count). The maximum absolute atomic E-state index is 11.0. The number of nitrogens with one attached hydrogen (secondary N) is 1. The van der Waals surface area contributed by atoms with E-state index in [-0.39, 0.29) is 12.6 Å². The minimum Gasteiger partial charge on any atom is -0.291 e. The molecule has 0 aromatic heterocycles. The molecule has 0 radical (unpaired) electrons. The summed E-state index contributed by atoms with van der Waals surface area (Å²) in [6, 6.07) is 0.129. The minimum atomic E-state index is -0.771. The quantitative estimate of drug-likeness (QED) is 0.437. The summed E-state index contributed by atoms with van der Waals surface area (Å²) >= 11 is 0. The predicted molar refractivity (Wildman–Crippen MR) is 105 cm³/mol. The van der Waals surface area contributed by atoms with Crippen molar-refractivity contribution >= 4 is 5.91 Å². The number of fused-ring (bicyclic) bond motifs is 5. The molecule has 4 unspecified atom stereocenters. The number of nitroso groups, excluding NO2 is 1. The summed E-state index contributed by atoms with van der Waals surface area (Å²) in [5.74, 6) is 2.75. The SMILES string of the molecule is C[C@H]1CCC2C3CCC4=CC(NOCC(=O)N=O)CC[C@]4(C)C3CC[C@@]21C. The number of allylic oxidation sites excluding steroid dienone is 1. The van der Waals surface area contributed by atoms with Crippen LogP contribution in [0.3, 0.4) is 0 Å². The number of carbonyl (C=O) groups is 1. The highest BCUT2D eigenvalue weighted by atomic mass is 16.6. The lowest BCUT2D eigenvalue weighted by Gasteiger charge is -2.58. The second-order valence-electron chi connectivity index (χ2n) is 10.1. The summed E-state index contributed by atoms with van der Waals surface area (Å²) in [5.41, 5.74) is 5.45. The summed E-state index contributed by atoms with van der Waals surface area (Å²) in [6.45, 7) is 7.28. The van der Waals surface area contributed by atoms with Crippen molar-refractivity contribution in [3.8, 4) is 0 Å². The fourth-order valence-corrected chi connectivity index (χ4v) is 7.32. The van der Waals surface area contributed by atoms with Gasteiger partial charge in [-0.3, -0.25) is 9.63 Å². The molecule has 0 bridgehead atoms. The van der Waals surface area contributed by atoms with Crippen molar-refractivity contribution in [2.75, 3.05) is 6.61 Å². The van der Waals surface area contributed by atoms with Crippen molar-refractivity contribution in [2.24, 2.45) is 39.7 Å². The molecular formula is C22H34N2O3. The number of nitrogens with zero attached hydrogens (tertiary/aromatic N) is 1. The highest BCUT2D eigenvalue weighted by molar-refractivity contribution is 5.77. The van der Waals surface area contributed by atoms with Crippen molar-refractivity contribution < 1.29 is 9.63 Å². The van der Waals surface area contributed by atoms with E-state index in [1.807, 2.05) is 0 Å². The second-order valence-corrected chi connectivity index (χ2v) is 10.1. The van der Waals surface area contributed by atoms with Gasteiger partial charge in [0, 0.05) is 5.18 Å². The number of rotatable bonds is 4. The Kier molecular flexibility index (Phi) is 5.04. The molecule has 3 saturated carbocycles. The third kappa shape index (κ3) is 3.11. The predicted octanol–water partition coefficient (Wildman–Crippen LogP) is 4.77. The van der Waals surface area contributed by atoms with Crippen LogP contribution in [-0.2, 0) is 9.63 Å². The largest absolute Gasteiger partial charge is 0.313 e. The Hall–Kier alpha value is -1.07. The molecule has 27 heavy (non-hydrogen) atoms. The number of hydrogen-bond acceptors (Lipinski definition) is 4. The van der Waals surface area contributed by atoms with Gasteiger partial charge in [-0.25, -0.2) is 0 Å². The summed E-state index contributed by atoms with van der Waals surface area (Å²) < 4.78 is 0. The van der Waals surface area contributed by atoms with Gasteiger partial charge in [0.2, 0.25) is 0 Å². The number of hydroxylamine groups is 1. The van der Waals surface area contributed by atoms with Crippen LogP contribution in [0.15, 0.2) is 16.8 Å². The Morgan fingerprint density at radius 3 is 2.78 bits per heavy atom. The Morgan fingerprint density at radius 2 is 2.00 bits per heavy atom. The Bertz CT molecular complexity index is 647. The second kappa shape index (κ2) is 7.07. The molecule has 3 fully saturated rings. The fourth-order valence-electron chi connectivity index (χ4n) is 7.32. The van der Waals surface area contributed by atoms with E-state index in [0.717, 1.165) is 30.1 Å². The summed E-state index contributed by atoms with van der Waals surface area (Å²) in [6.07, 6.45) is 12.7. The van der Waals surface area contributed by atoms with Gasteiger partial charge in [0.05, 0.1) is 6.04 Å². The molecule has 150 valence electrons. The van der Waals surface area contributed by atoms with Gasteiger partial charge in [0.15, 0.2) is 6.61 Å².